The second-order valence-electron chi connectivity index (χ2n) is 10.8. The number of rotatable bonds is 7. The number of likely N-dealkylation sites (N-methyl/N-ethyl adjacent to an activating group) is 1. The number of benzene rings is 1. The Balaban J connectivity index is 2.02. The number of ether oxygens (including phenoxy) is 2. The Kier molecular flexibility index (Phi) is 10.8. The van der Waals surface area contributed by atoms with Crippen molar-refractivity contribution in [1.29, 1.82) is 0 Å². The van der Waals surface area contributed by atoms with Crippen molar-refractivity contribution in [2.75, 3.05) is 45.1 Å². The van der Waals surface area contributed by atoms with Gasteiger partial charge >= 0.3 is 0 Å². The second kappa shape index (κ2) is 13.6. The number of carbonyl (C=O) groups excluding carboxylic acids is 1. The summed E-state index contributed by atoms with van der Waals surface area (Å²) < 4.78 is 42.4. The third-order valence-corrected chi connectivity index (χ3v) is 8.07. The molecule has 39 heavy (non-hydrogen) atoms. The van der Waals surface area contributed by atoms with E-state index in [0.29, 0.717) is 25.4 Å². The molecule has 0 spiro atoms. The molecule has 1 aliphatic heterocycles. The number of carbonyl (C=O) groups is 1. The first kappa shape index (κ1) is 30.9. The lowest BCUT2D eigenvalue weighted by atomic mass is 10.0. The molecule has 218 valence electrons. The molecule has 1 aliphatic rings. The lowest BCUT2D eigenvalue weighted by Gasteiger charge is -2.35. The summed E-state index contributed by atoms with van der Waals surface area (Å²) in [5.74, 6) is -0.0122. The van der Waals surface area contributed by atoms with Crippen LogP contribution in [0.25, 0.3) is 0 Å². The van der Waals surface area contributed by atoms with Crippen LogP contribution < -0.4 is 9.46 Å². The highest BCUT2D eigenvalue weighted by Crippen LogP contribution is 2.29. The first-order valence-corrected chi connectivity index (χ1v) is 14.9. The van der Waals surface area contributed by atoms with Gasteiger partial charge in [-0.25, -0.2) is 4.98 Å². The molecule has 12 heteroatoms. The molecule has 0 unspecified atom stereocenters. The maximum Gasteiger partial charge on any atom is 0.280 e. The van der Waals surface area contributed by atoms with E-state index >= 15 is 0 Å². The maximum atomic E-state index is 14.1. The largest absolute Gasteiger partial charge is 0.490 e. The topological polar surface area (TPSA) is 126 Å². The molecule has 1 aromatic carbocycles. The van der Waals surface area contributed by atoms with Gasteiger partial charge in [0.1, 0.15) is 5.75 Å². The first-order chi connectivity index (χ1) is 18.4. The van der Waals surface area contributed by atoms with Crippen molar-refractivity contribution in [2.45, 2.75) is 63.3 Å². The molecule has 0 saturated heterocycles. The number of hydrogen-bond donors (Lipinski definition) is 2. The fourth-order valence-electron chi connectivity index (χ4n) is 4.54. The molecular weight excluding hydrogens is 522 g/mol. The number of aliphatic hydroxyl groups is 1. The van der Waals surface area contributed by atoms with Gasteiger partial charge in [-0.2, -0.15) is 8.42 Å². The Morgan fingerprint density at radius 3 is 2.64 bits per heavy atom. The van der Waals surface area contributed by atoms with Crippen LogP contribution in [0.3, 0.4) is 0 Å². The Bertz CT molecular complexity index is 1200. The summed E-state index contributed by atoms with van der Waals surface area (Å²) in [4.78, 5) is 21.7. The summed E-state index contributed by atoms with van der Waals surface area (Å²) >= 11 is 0. The van der Waals surface area contributed by atoms with Gasteiger partial charge in [0, 0.05) is 44.5 Å². The Morgan fingerprint density at radius 1 is 1.26 bits per heavy atom. The van der Waals surface area contributed by atoms with Gasteiger partial charge < -0.3 is 28.9 Å². The lowest BCUT2D eigenvalue weighted by molar-refractivity contribution is -0.0137. The zero-order valence-electron chi connectivity index (χ0n) is 23.8. The van der Waals surface area contributed by atoms with Gasteiger partial charge in [-0.1, -0.05) is 6.92 Å². The smallest absolute Gasteiger partial charge is 0.280 e. The molecule has 2 N–H and O–H groups in total. The first-order valence-electron chi connectivity index (χ1n) is 13.4. The van der Waals surface area contributed by atoms with Gasteiger partial charge in [0.05, 0.1) is 36.7 Å². The normalized spacial score (nSPS) is 22.6. The number of nitrogens with one attached hydrogen (secondary N) is 1. The monoisotopic (exact) mass is 565 g/mol. The van der Waals surface area contributed by atoms with E-state index < -0.39 is 16.1 Å². The van der Waals surface area contributed by atoms with Crippen LogP contribution in [0.1, 0.15) is 50.4 Å². The number of aliphatic hydroxyl groups excluding tert-OH is 1. The average Bonchev–Trinajstić information content (AvgIpc) is 3.32. The molecule has 0 fully saturated rings. The van der Waals surface area contributed by atoms with Crippen molar-refractivity contribution in [3.05, 3.63) is 36.3 Å². The number of aromatic nitrogens is 2. The zero-order valence-corrected chi connectivity index (χ0v) is 24.6. The van der Waals surface area contributed by atoms with E-state index in [2.05, 4.69) is 14.6 Å². The molecule has 2 aromatic rings. The number of anilines is 1. The van der Waals surface area contributed by atoms with Crippen LogP contribution in [-0.4, -0.2) is 97.4 Å². The third-order valence-electron chi connectivity index (χ3n) is 6.81. The highest BCUT2D eigenvalue weighted by Gasteiger charge is 2.30. The molecule has 0 saturated carbocycles. The third kappa shape index (κ3) is 8.41. The van der Waals surface area contributed by atoms with Crippen LogP contribution in [0.2, 0.25) is 0 Å². The fourth-order valence-corrected chi connectivity index (χ4v) is 5.58. The lowest BCUT2D eigenvalue weighted by Crippen LogP contribution is -2.47. The van der Waals surface area contributed by atoms with E-state index in [9.17, 15) is 18.3 Å². The number of hydrogen-bond acceptors (Lipinski definition) is 8. The van der Waals surface area contributed by atoms with Crippen LogP contribution in [0.15, 0.2) is 35.7 Å². The van der Waals surface area contributed by atoms with Crippen molar-refractivity contribution in [1.82, 2.24) is 19.4 Å². The number of imidazole rings is 1. The van der Waals surface area contributed by atoms with Crippen LogP contribution in [0.5, 0.6) is 5.75 Å². The van der Waals surface area contributed by atoms with E-state index in [1.54, 1.807) is 35.6 Å². The molecule has 0 bridgehead atoms. The van der Waals surface area contributed by atoms with Crippen LogP contribution >= 0.6 is 0 Å². The van der Waals surface area contributed by atoms with E-state index in [4.69, 9.17) is 9.47 Å². The highest BCUT2D eigenvalue weighted by atomic mass is 32.2. The van der Waals surface area contributed by atoms with E-state index in [-0.39, 0.29) is 46.9 Å². The highest BCUT2D eigenvalue weighted by molar-refractivity contribution is 7.92. The predicted molar refractivity (Wildman–Crippen MR) is 149 cm³/mol. The van der Waals surface area contributed by atoms with Gasteiger partial charge in [0.25, 0.3) is 15.9 Å². The van der Waals surface area contributed by atoms with Crippen LogP contribution in [-0.2, 0) is 21.8 Å². The molecular formula is C27H43N5O6S. The molecule has 2 heterocycles. The fraction of sp³-hybridized carbons (Fsp3) is 0.630. The summed E-state index contributed by atoms with van der Waals surface area (Å²) in [5, 5.41) is 9.91. The zero-order chi connectivity index (χ0) is 28.7. The van der Waals surface area contributed by atoms with Crippen LogP contribution in [0.4, 0.5) is 5.69 Å². The van der Waals surface area contributed by atoms with Crippen LogP contribution in [0, 0.1) is 5.92 Å². The number of amides is 1. The summed E-state index contributed by atoms with van der Waals surface area (Å²) in [6, 6.07) is 4.21. The minimum atomic E-state index is -3.97. The Hall–Kier alpha value is -2.67. The number of nitrogens with zero attached hydrogens (tertiary/aromatic N) is 4. The predicted octanol–water partition coefficient (Wildman–Crippen LogP) is 2.58. The molecule has 0 radical (unpaired) electrons. The molecule has 3 rings (SSSR count). The van der Waals surface area contributed by atoms with Gasteiger partial charge in [-0.05, 0) is 65.4 Å². The van der Waals surface area contributed by atoms with Crippen molar-refractivity contribution in [3.8, 4) is 5.75 Å². The Morgan fingerprint density at radius 2 is 2.00 bits per heavy atom. The van der Waals surface area contributed by atoms with Gasteiger partial charge in [0.15, 0.2) is 5.03 Å². The quantitative estimate of drug-likeness (QED) is 0.525. The second-order valence-corrected chi connectivity index (χ2v) is 12.4. The maximum absolute atomic E-state index is 14.1. The summed E-state index contributed by atoms with van der Waals surface area (Å²) in [5.41, 5.74) is 0.432. The van der Waals surface area contributed by atoms with E-state index in [1.165, 1.54) is 18.6 Å². The van der Waals surface area contributed by atoms with Gasteiger partial charge in [0.2, 0.25) is 0 Å². The van der Waals surface area contributed by atoms with Gasteiger partial charge in [-0.15, -0.1) is 0 Å². The minimum absolute atomic E-state index is 0.0255. The van der Waals surface area contributed by atoms with Crippen molar-refractivity contribution >= 4 is 21.6 Å². The number of fused-ring (bicyclic) bond motifs is 1. The standard InChI is InChI=1S/C27H43N5O6S/c1-19-14-32(20(2)17-33)27(34)23-13-22(29-39(35,36)26-16-31(6)18-28-26)10-11-24(23)38-21(3)9-7-8-12-37-25(19)15-30(4)5/h10-11,13,16,18-21,25,29,33H,7-9,12,14-15,17H2,1-6H3/t19-,20-,21-,25+/m1/s1. The van der Waals surface area contributed by atoms with E-state index in [0.717, 1.165) is 19.3 Å². The van der Waals surface area contributed by atoms with Gasteiger partial charge in [-0.3, -0.25) is 9.52 Å². The Labute approximate surface area is 232 Å². The van der Waals surface area contributed by atoms with Crippen molar-refractivity contribution in [2.24, 2.45) is 13.0 Å². The van der Waals surface area contributed by atoms with E-state index in [1.807, 2.05) is 27.9 Å². The summed E-state index contributed by atoms with van der Waals surface area (Å²) in [6.07, 6.45) is 5.10. The average molecular weight is 566 g/mol. The van der Waals surface area contributed by atoms with Crippen molar-refractivity contribution in [3.63, 3.8) is 0 Å². The molecule has 0 aliphatic carbocycles. The van der Waals surface area contributed by atoms with Crippen molar-refractivity contribution < 1.29 is 27.8 Å². The summed E-state index contributed by atoms with van der Waals surface area (Å²) in [6.45, 7) is 7.22. The molecule has 11 nitrogen and oxygen atoms in total. The number of sulfonamides is 1. The summed E-state index contributed by atoms with van der Waals surface area (Å²) in [7, 11) is 1.69. The molecule has 1 amide bonds. The molecule has 4 atom stereocenters. The number of aryl methyl sites for hydroxylation is 1. The SMILES string of the molecule is C[C@@H]1CCCCO[C@@H](CN(C)C)[C@H](C)CN([C@H](C)CO)C(=O)c2cc(NS(=O)(=O)c3cn(C)cn3)ccc2O1. The molecule has 1 aromatic heterocycles. The minimum Gasteiger partial charge on any atom is -0.490 e.